The van der Waals surface area contributed by atoms with Crippen LogP contribution < -0.4 is 0 Å². The van der Waals surface area contributed by atoms with Crippen molar-refractivity contribution in [2.75, 3.05) is 13.2 Å². The van der Waals surface area contributed by atoms with Gasteiger partial charge in [-0.25, -0.2) is 0 Å². The van der Waals surface area contributed by atoms with Crippen LogP contribution in [-0.2, 0) is 4.74 Å². The van der Waals surface area contributed by atoms with E-state index >= 15 is 0 Å². The third kappa shape index (κ3) is 3.46. The van der Waals surface area contributed by atoms with Gasteiger partial charge < -0.3 is 4.74 Å². The van der Waals surface area contributed by atoms with Crippen molar-refractivity contribution in [2.24, 2.45) is 0 Å². The van der Waals surface area contributed by atoms with Gasteiger partial charge in [0.15, 0.2) is 0 Å². The molecule has 0 heterocycles. The van der Waals surface area contributed by atoms with E-state index < -0.39 is 0 Å². The summed E-state index contributed by atoms with van der Waals surface area (Å²) in [5, 5.41) is 0. The Labute approximate surface area is 101 Å². The Balaban J connectivity index is 2.71. The van der Waals surface area contributed by atoms with Crippen molar-refractivity contribution in [1.82, 2.24) is 4.90 Å². The first-order valence-corrected chi connectivity index (χ1v) is 6.89. The van der Waals surface area contributed by atoms with Crippen molar-refractivity contribution in [1.29, 1.82) is 0 Å². The molecule has 0 radical (unpaired) electrons. The maximum atomic E-state index is 5.93. The highest BCUT2D eigenvalue weighted by Gasteiger charge is 2.34. The highest BCUT2D eigenvalue weighted by Crippen LogP contribution is 2.29. The molecule has 2 nitrogen and oxygen atoms in total. The summed E-state index contributed by atoms with van der Waals surface area (Å²) < 4.78 is 5.93. The van der Waals surface area contributed by atoms with Crippen LogP contribution in [0, 0.1) is 0 Å². The molecule has 2 heteroatoms. The van der Waals surface area contributed by atoms with Crippen molar-refractivity contribution < 1.29 is 4.74 Å². The molecule has 0 aromatic carbocycles. The zero-order valence-electron chi connectivity index (χ0n) is 11.8. The fourth-order valence-corrected chi connectivity index (χ4v) is 3.05. The maximum absolute atomic E-state index is 5.93. The molecule has 0 saturated heterocycles. The van der Waals surface area contributed by atoms with Crippen LogP contribution in [0.3, 0.4) is 0 Å². The molecular weight excluding hydrogens is 198 g/mol. The molecule has 16 heavy (non-hydrogen) atoms. The molecule has 1 aliphatic carbocycles. The van der Waals surface area contributed by atoms with Gasteiger partial charge >= 0.3 is 0 Å². The number of nitrogens with zero attached hydrogens (tertiary/aromatic N) is 1. The second-order valence-corrected chi connectivity index (χ2v) is 5.80. The minimum absolute atomic E-state index is 0.256. The molecule has 1 fully saturated rings. The smallest absolute Gasteiger partial charge is 0.0730 e. The Kier molecular flexibility index (Phi) is 5.26. The van der Waals surface area contributed by atoms with E-state index in [0.717, 1.165) is 13.2 Å². The first-order valence-electron chi connectivity index (χ1n) is 6.89. The monoisotopic (exact) mass is 227 g/mol. The molecule has 1 rings (SSSR count). The fourth-order valence-electron chi connectivity index (χ4n) is 3.05. The number of rotatable bonds is 4. The fraction of sp³-hybridized carbons (Fsp3) is 1.00. The summed E-state index contributed by atoms with van der Waals surface area (Å²) in [6.07, 6.45) is 5.70. The van der Waals surface area contributed by atoms with Gasteiger partial charge in [0, 0.05) is 18.2 Å². The number of ether oxygens (including phenoxy) is 1. The molecule has 96 valence electrons. The van der Waals surface area contributed by atoms with Crippen LogP contribution in [0.25, 0.3) is 0 Å². The summed E-state index contributed by atoms with van der Waals surface area (Å²) in [6.45, 7) is 13.3. The Morgan fingerprint density at radius 2 is 1.75 bits per heavy atom. The van der Waals surface area contributed by atoms with E-state index in [4.69, 9.17) is 4.74 Å². The van der Waals surface area contributed by atoms with E-state index in [1.54, 1.807) is 0 Å². The topological polar surface area (TPSA) is 12.5 Å². The Hall–Kier alpha value is -0.0800. The second kappa shape index (κ2) is 6.02. The molecule has 2 atom stereocenters. The normalized spacial score (nSPS) is 27.4. The summed E-state index contributed by atoms with van der Waals surface area (Å²) >= 11 is 0. The zero-order valence-corrected chi connectivity index (χ0v) is 11.8. The van der Waals surface area contributed by atoms with Crippen LogP contribution in [-0.4, -0.2) is 35.7 Å². The SMILES string of the molecule is CCO[C@@H]1CCCC[C@@H]1N(CC)C(C)(C)C. The van der Waals surface area contributed by atoms with E-state index in [1.165, 1.54) is 25.7 Å². The molecule has 0 aromatic heterocycles. The predicted molar refractivity (Wildman–Crippen MR) is 69.8 cm³/mol. The number of likely N-dealkylation sites (N-methyl/N-ethyl adjacent to an activating group) is 1. The highest BCUT2D eigenvalue weighted by molar-refractivity contribution is 4.89. The predicted octanol–water partition coefficient (Wildman–Crippen LogP) is 3.45. The summed E-state index contributed by atoms with van der Waals surface area (Å²) in [5.41, 5.74) is 0.256. The minimum atomic E-state index is 0.256. The molecule has 1 aliphatic rings. The van der Waals surface area contributed by atoms with Crippen molar-refractivity contribution in [3.63, 3.8) is 0 Å². The van der Waals surface area contributed by atoms with Crippen molar-refractivity contribution in [3.8, 4) is 0 Å². The summed E-state index contributed by atoms with van der Waals surface area (Å²) in [5.74, 6) is 0. The molecular formula is C14H29NO. The first-order chi connectivity index (χ1) is 7.50. The molecule has 0 N–H and O–H groups in total. The van der Waals surface area contributed by atoms with Gasteiger partial charge in [0.25, 0.3) is 0 Å². The number of hydrogen-bond acceptors (Lipinski definition) is 2. The van der Waals surface area contributed by atoms with E-state index in [0.29, 0.717) is 12.1 Å². The Morgan fingerprint density at radius 1 is 1.12 bits per heavy atom. The van der Waals surface area contributed by atoms with Crippen molar-refractivity contribution in [2.45, 2.75) is 78.0 Å². The quantitative estimate of drug-likeness (QED) is 0.729. The van der Waals surface area contributed by atoms with Gasteiger partial charge in [-0.15, -0.1) is 0 Å². The van der Waals surface area contributed by atoms with Crippen LogP contribution in [0.1, 0.15) is 60.3 Å². The van der Waals surface area contributed by atoms with Crippen LogP contribution in [0.5, 0.6) is 0 Å². The third-order valence-electron chi connectivity index (χ3n) is 3.65. The van der Waals surface area contributed by atoms with Gasteiger partial charge in [0.2, 0.25) is 0 Å². The Morgan fingerprint density at radius 3 is 2.25 bits per heavy atom. The minimum Gasteiger partial charge on any atom is -0.377 e. The maximum Gasteiger partial charge on any atom is 0.0730 e. The standard InChI is InChI=1S/C14H29NO/c1-6-15(14(3,4)5)12-10-8-9-11-13(12)16-7-2/h12-13H,6-11H2,1-5H3/t12-,13+/m0/s1. The third-order valence-corrected chi connectivity index (χ3v) is 3.65. The van der Waals surface area contributed by atoms with Gasteiger partial charge in [-0.2, -0.15) is 0 Å². The van der Waals surface area contributed by atoms with E-state index in [1.807, 2.05) is 0 Å². The first kappa shape index (κ1) is 14.0. The van der Waals surface area contributed by atoms with E-state index in [-0.39, 0.29) is 5.54 Å². The molecule has 0 unspecified atom stereocenters. The van der Waals surface area contributed by atoms with Gasteiger partial charge in [-0.05, 0) is 47.1 Å². The molecule has 0 bridgehead atoms. The largest absolute Gasteiger partial charge is 0.377 e. The van der Waals surface area contributed by atoms with Crippen LogP contribution in [0.15, 0.2) is 0 Å². The summed E-state index contributed by atoms with van der Waals surface area (Å²) in [4.78, 5) is 2.62. The second-order valence-electron chi connectivity index (χ2n) is 5.80. The molecule has 0 aromatic rings. The lowest BCUT2D eigenvalue weighted by Crippen LogP contribution is -2.54. The van der Waals surface area contributed by atoms with Gasteiger partial charge in [-0.3, -0.25) is 4.90 Å². The van der Waals surface area contributed by atoms with Crippen molar-refractivity contribution >= 4 is 0 Å². The van der Waals surface area contributed by atoms with Crippen LogP contribution >= 0.6 is 0 Å². The Bertz CT molecular complexity index is 195. The lowest BCUT2D eigenvalue weighted by atomic mass is 9.88. The lowest BCUT2D eigenvalue weighted by Gasteiger charge is -2.46. The molecule has 0 aliphatic heterocycles. The molecule has 0 spiro atoms. The van der Waals surface area contributed by atoms with Crippen LogP contribution in [0.4, 0.5) is 0 Å². The summed E-state index contributed by atoms with van der Waals surface area (Å²) in [7, 11) is 0. The highest BCUT2D eigenvalue weighted by atomic mass is 16.5. The lowest BCUT2D eigenvalue weighted by molar-refractivity contribution is -0.0568. The average molecular weight is 227 g/mol. The zero-order chi connectivity index (χ0) is 12.2. The van der Waals surface area contributed by atoms with Crippen molar-refractivity contribution in [3.05, 3.63) is 0 Å². The summed E-state index contributed by atoms with van der Waals surface area (Å²) in [6, 6.07) is 0.624. The number of hydrogen-bond donors (Lipinski definition) is 0. The van der Waals surface area contributed by atoms with Gasteiger partial charge in [-0.1, -0.05) is 19.8 Å². The molecule has 1 saturated carbocycles. The van der Waals surface area contributed by atoms with Gasteiger partial charge in [0.1, 0.15) is 0 Å². The average Bonchev–Trinajstić information content (AvgIpc) is 2.20. The van der Waals surface area contributed by atoms with Crippen LogP contribution in [0.2, 0.25) is 0 Å². The van der Waals surface area contributed by atoms with Gasteiger partial charge in [0.05, 0.1) is 6.10 Å². The molecule has 0 amide bonds. The van der Waals surface area contributed by atoms with E-state index in [2.05, 4.69) is 39.5 Å². The van der Waals surface area contributed by atoms with E-state index in [9.17, 15) is 0 Å².